The van der Waals surface area contributed by atoms with Gasteiger partial charge in [-0.1, -0.05) is 295 Å². The van der Waals surface area contributed by atoms with E-state index in [1.165, 1.54) is 242 Å². The van der Waals surface area contributed by atoms with E-state index >= 15 is 0 Å². The molecule has 0 aliphatic heterocycles. The van der Waals surface area contributed by atoms with Crippen LogP contribution in [0.25, 0.3) is 21.5 Å². The predicted octanol–water partition coefficient (Wildman–Crippen LogP) is 21.0. The third-order valence-electron chi connectivity index (χ3n) is 15.9. The van der Waals surface area contributed by atoms with Crippen LogP contribution < -0.4 is 0 Å². The second kappa shape index (κ2) is 45.3. The Morgan fingerprint density at radius 1 is 0.273 bits per heavy atom. The fourth-order valence-electron chi connectivity index (χ4n) is 11.2. The van der Waals surface area contributed by atoms with Crippen LogP contribution in [0.4, 0.5) is 0 Å². The van der Waals surface area contributed by atoms with Crippen molar-refractivity contribution in [3.05, 3.63) is 82.9 Å². The van der Waals surface area contributed by atoms with Gasteiger partial charge < -0.3 is 9.11 Å². The Bertz CT molecular complexity index is 2160. The summed E-state index contributed by atoms with van der Waals surface area (Å²) in [5.41, 5.74) is 4.01. The first-order chi connectivity index (χ1) is 36.9. The van der Waals surface area contributed by atoms with Crippen molar-refractivity contribution in [1.29, 1.82) is 0 Å². The summed E-state index contributed by atoms with van der Waals surface area (Å²) in [5.74, 6) is 0. The average molecular weight is 1230 g/mol. The number of fused-ring (bicyclic) bond motifs is 2. The standard InChI is InChI=1S/2C34H56O3S.Ba/c2*1-3-5-7-9-11-13-15-17-19-21-23-30-25-26-31-29-34(38(35,36)37)32(28-33(31)27-30)24-22-20-18-16-14-12-10-8-6-4-2;/h2*25-29H,3-24H2,1-2H3,(H,35,36,37);/q;;+2/p-2. The second-order valence-electron chi connectivity index (χ2n) is 22.9. The Hall–Kier alpha value is -1.21. The number of unbranched alkanes of at least 4 members (excludes halogenated alkanes) is 36. The molecule has 0 fully saturated rings. The zero-order chi connectivity index (χ0) is 55.0. The van der Waals surface area contributed by atoms with Crippen LogP contribution in [0, 0.1) is 0 Å². The van der Waals surface area contributed by atoms with Crippen LogP contribution in [0.2, 0.25) is 0 Å². The van der Waals surface area contributed by atoms with Crippen LogP contribution in [0.5, 0.6) is 0 Å². The Morgan fingerprint density at radius 2 is 0.494 bits per heavy atom. The summed E-state index contributed by atoms with van der Waals surface area (Å²) in [7, 11) is -8.96. The largest absolute Gasteiger partial charge is 2.00 e. The van der Waals surface area contributed by atoms with Crippen molar-refractivity contribution in [2.75, 3.05) is 0 Å². The molecule has 4 rings (SSSR count). The molecular formula is C68H110BaO6S2. The van der Waals surface area contributed by atoms with E-state index in [0.29, 0.717) is 24.0 Å². The molecule has 0 radical (unpaired) electrons. The molecule has 0 N–H and O–H groups in total. The van der Waals surface area contributed by atoms with Crippen LogP contribution in [0.1, 0.15) is 307 Å². The Labute approximate surface area is 514 Å². The van der Waals surface area contributed by atoms with E-state index in [9.17, 15) is 25.9 Å². The van der Waals surface area contributed by atoms with Gasteiger partial charge in [0.05, 0.1) is 9.79 Å². The van der Waals surface area contributed by atoms with E-state index < -0.39 is 20.2 Å². The molecule has 0 aromatic heterocycles. The average Bonchev–Trinajstić information content (AvgIpc) is 3.40. The molecule has 0 saturated heterocycles. The quantitative estimate of drug-likeness (QED) is 0.0247. The summed E-state index contributed by atoms with van der Waals surface area (Å²) in [4.78, 5) is -0.0493. The molecule has 432 valence electrons. The number of rotatable bonds is 46. The Morgan fingerprint density at radius 3 is 0.727 bits per heavy atom. The maximum absolute atomic E-state index is 12.0. The second-order valence-corrected chi connectivity index (χ2v) is 25.6. The van der Waals surface area contributed by atoms with Gasteiger partial charge in [-0.25, -0.2) is 16.8 Å². The number of aryl methyl sites for hydroxylation is 4. The Kier molecular flexibility index (Phi) is 42.3. The van der Waals surface area contributed by atoms with Gasteiger partial charge in [0.1, 0.15) is 20.2 Å². The van der Waals surface area contributed by atoms with Gasteiger partial charge in [0.2, 0.25) is 0 Å². The van der Waals surface area contributed by atoms with Crippen LogP contribution in [-0.4, -0.2) is 74.8 Å². The number of hydrogen-bond donors (Lipinski definition) is 0. The fraction of sp³-hybridized carbons (Fsp3) is 0.706. The minimum absolute atomic E-state index is 0. The third kappa shape index (κ3) is 33.5. The summed E-state index contributed by atoms with van der Waals surface area (Å²) in [6.45, 7) is 9.03. The van der Waals surface area contributed by atoms with Crippen LogP contribution in [-0.2, 0) is 45.9 Å². The normalized spacial score (nSPS) is 11.8. The first-order valence-corrected chi connectivity index (χ1v) is 34.8. The van der Waals surface area contributed by atoms with Gasteiger partial charge in [0.15, 0.2) is 0 Å². The first kappa shape index (κ1) is 71.9. The number of benzene rings is 4. The summed E-state index contributed by atoms with van der Waals surface area (Å²) >= 11 is 0. The van der Waals surface area contributed by atoms with E-state index in [1.807, 2.05) is 24.3 Å². The van der Waals surface area contributed by atoms with E-state index in [0.717, 1.165) is 60.1 Å². The molecule has 0 atom stereocenters. The van der Waals surface area contributed by atoms with Crippen molar-refractivity contribution in [2.24, 2.45) is 0 Å². The maximum atomic E-state index is 12.0. The molecule has 9 heteroatoms. The van der Waals surface area contributed by atoms with Crippen LogP contribution in [0.3, 0.4) is 0 Å². The molecule has 0 saturated carbocycles. The van der Waals surface area contributed by atoms with Gasteiger partial charge >= 0.3 is 48.9 Å². The smallest absolute Gasteiger partial charge is 0.744 e. The topological polar surface area (TPSA) is 114 Å². The Balaban J connectivity index is 0.000000520. The summed E-state index contributed by atoms with van der Waals surface area (Å²) < 4.78 is 72.0. The SMILES string of the molecule is CCCCCCCCCCCCc1ccc2cc(S(=O)(=O)[O-])c(CCCCCCCCCCCC)cc2c1.CCCCCCCCCCCCc1ccc2cc(S(=O)(=O)[O-])c(CCCCCCCCCCCC)cc2c1.[Ba+2]. The molecule has 0 unspecified atom stereocenters. The van der Waals surface area contributed by atoms with Crippen LogP contribution in [0.15, 0.2) is 70.5 Å². The molecule has 0 spiro atoms. The van der Waals surface area contributed by atoms with Crippen molar-refractivity contribution < 1.29 is 25.9 Å². The van der Waals surface area contributed by atoms with Gasteiger partial charge in [-0.2, -0.15) is 0 Å². The predicted molar refractivity (Wildman–Crippen MR) is 332 cm³/mol. The molecular weight excluding hydrogens is 1110 g/mol. The van der Waals surface area contributed by atoms with Gasteiger partial charge in [0, 0.05) is 0 Å². The summed E-state index contributed by atoms with van der Waals surface area (Å²) in [5, 5.41) is 3.81. The van der Waals surface area contributed by atoms with Gasteiger partial charge in [-0.3, -0.25) is 0 Å². The zero-order valence-corrected chi connectivity index (χ0v) is 55.9. The van der Waals surface area contributed by atoms with Crippen molar-refractivity contribution >= 4 is 90.7 Å². The molecule has 77 heavy (non-hydrogen) atoms. The fourth-order valence-corrected chi connectivity index (χ4v) is 12.7. The number of hydrogen-bond acceptors (Lipinski definition) is 6. The molecule has 0 amide bonds. The van der Waals surface area contributed by atoms with E-state index in [4.69, 9.17) is 0 Å². The molecule has 4 aromatic carbocycles. The molecule has 0 heterocycles. The zero-order valence-electron chi connectivity index (χ0n) is 49.9. The van der Waals surface area contributed by atoms with Crippen molar-refractivity contribution in [2.45, 2.75) is 320 Å². The minimum Gasteiger partial charge on any atom is -0.744 e. The van der Waals surface area contributed by atoms with E-state index in [2.05, 4.69) is 52.0 Å². The van der Waals surface area contributed by atoms with Gasteiger partial charge in [-0.05, 0) is 119 Å². The van der Waals surface area contributed by atoms with Gasteiger partial charge in [0.25, 0.3) is 0 Å². The molecule has 0 bridgehead atoms. The minimum atomic E-state index is -4.48. The van der Waals surface area contributed by atoms with E-state index in [-0.39, 0.29) is 58.7 Å². The molecule has 0 aliphatic rings. The van der Waals surface area contributed by atoms with Crippen molar-refractivity contribution in [3.8, 4) is 0 Å². The summed E-state index contributed by atoms with van der Waals surface area (Å²) in [6, 6.07) is 19.7. The monoisotopic (exact) mass is 1220 g/mol. The maximum Gasteiger partial charge on any atom is 2.00 e. The van der Waals surface area contributed by atoms with Crippen molar-refractivity contribution in [1.82, 2.24) is 0 Å². The van der Waals surface area contributed by atoms with E-state index in [1.54, 1.807) is 12.1 Å². The summed E-state index contributed by atoms with van der Waals surface area (Å²) in [6.07, 6.45) is 54.9. The molecule has 0 aliphatic carbocycles. The molecule has 4 aromatic rings. The third-order valence-corrected chi connectivity index (χ3v) is 17.8. The molecule has 6 nitrogen and oxygen atoms in total. The van der Waals surface area contributed by atoms with Crippen LogP contribution >= 0.6 is 0 Å². The van der Waals surface area contributed by atoms with Crippen molar-refractivity contribution in [3.63, 3.8) is 0 Å². The van der Waals surface area contributed by atoms with Gasteiger partial charge in [-0.15, -0.1) is 0 Å². The first-order valence-electron chi connectivity index (χ1n) is 31.9.